The number of ketones is 1. The van der Waals surface area contributed by atoms with Crippen LogP contribution in [0.1, 0.15) is 44.0 Å². The number of Topliss-reactive ketones (excluding diaryl/α,β-unsaturated/α-hetero) is 1. The second-order valence-corrected chi connectivity index (χ2v) is 3.77. The van der Waals surface area contributed by atoms with Crippen molar-refractivity contribution in [1.82, 2.24) is 5.32 Å². The van der Waals surface area contributed by atoms with Gasteiger partial charge in [-0.15, -0.1) is 0 Å². The van der Waals surface area contributed by atoms with Gasteiger partial charge in [-0.2, -0.15) is 0 Å². The van der Waals surface area contributed by atoms with Gasteiger partial charge in [0, 0.05) is 25.5 Å². The van der Waals surface area contributed by atoms with Gasteiger partial charge < -0.3 is 5.32 Å². The Hall–Kier alpha value is -1.71. The van der Waals surface area contributed by atoms with Gasteiger partial charge in [0.25, 0.3) is 0 Å². The Kier molecular flexibility index (Phi) is 8.45. The largest absolute Gasteiger partial charge is 0.356 e. The number of carbonyl (C=O) groups is 2. The maximum absolute atomic E-state index is 12.5. The van der Waals surface area contributed by atoms with Gasteiger partial charge in [-0.1, -0.05) is 26.0 Å². The zero-order valence-corrected chi connectivity index (χ0v) is 11.1. The summed E-state index contributed by atoms with van der Waals surface area (Å²) >= 11 is 0. The lowest BCUT2D eigenvalue weighted by Gasteiger charge is -1.95. The second-order valence-electron chi connectivity index (χ2n) is 3.77. The van der Waals surface area contributed by atoms with Gasteiger partial charge in [0.15, 0.2) is 5.78 Å². The van der Waals surface area contributed by atoms with Crippen molar-refractivity contribution in [3.8, 4) is 0 Å². The lowest BCUT2D eigenvalue weighted by molar-refractivity contribution is -0.118. The first-order chi connectivity index (χ1) is 8.51. The molecule has 4 heteroatoms. The molecule has 0 aromatic heterocycles. The number of halogens is 1. The molecule has 0 saturated carbocycles. The van der Waals surface area contributed by atoms with Crippen LogP contribution < -0.4 is 5.32 Å². The molecular formula is C14H20FNO2. The van der Waals surface area contributed by atoms with E-state index >= 15 is 0 Å². The minimum atomic E-state index is -0.357. The van der Waals surface area contributed by atoms with E-state index in [9.17, 15) is 14.0 Å². The number of carbonyl (C=O) groups excluding carboxylic acids is 2. The minimum absolute atomic E-state index is 0.0236. The molecule has 0 radical (unpaired) electrons. The van der Waals surface area contributed by atoms with E-state index in [1.54, 1.807) is 13.0 Å². The van der Waals surface area contributed by atoms with Gasteiger partial charge in [-0.25, -0.2) is 4.39 Å². The van der Waals surface area contributed by atoms with Crippen molar-refractivity contribution in [2.24, 2.45) is 0 Å². The summed E-state index contributed by atoms with van der Waals surface area (Å²) in [5, 5.41) is 2.66. The van der Waals surface area contributed by atoms with E-state index in [2.05, 4.69) is 5.32 Å². The average molecular weight is 253 g/mol. The van der Waals surface area contributed by atoms with Gasteiger partial charge >= 0.3 is 0 Å². The van der Waals surface area contributed by atoms with Crippen molar-refractivity contribution >= 4 is 11.7 Å². The third-order valence-electron chi connectivity index (χ3n) is 2.09. The fraction of sp³-hybridized carbons (Fsp3) is 0.429. The molecule has 0 unspecified atom stereocenters. The molecule has 1 amide bonds. The van der Waals surface area contributed by atoms with Crippen LogP contribution in [-0.2, 0) is 4.79 Å². The van der Waals surface area contributed by atoms with Crippen molar-refractivity contribution in [3.63, 3.8) is 0 Å². The van der Waals surface area contributed by atoms with E-state index in [-0.39, 0.29) is 17.5 Å². The summed E-state index contributed by atoms with van der Waals surface area (Å²) in [6, 6.07) is 5.74. The molecule has 100 valence electrons. The Morgan fingerprint density at radius 1 is 1.28 bits per heavy atom. The van der Waals surface area contributed by atoms with E-state index in [1.807, 2.05) is 6.92 Å². The molecule has 0 heterocycles. The predicted molar refractivity (Wildman–Crippen MR) is 70.0 cm³/mol. The zero-order valence-electron chi connectivity index (χ0n) is 11.1. The van der Waals surface area contributed by atoms with Crippen LogP contribution in [0.2, 0.25) is 0 Å². The van der Waals surface area contributed by atoms with Crippen molar-refractivity contribution in [1.29, 1.82) is 0 Å². The normalized spacial score (nSPS) is 9.11. The van der Waals surface area contributed by atoms with Gasteiger partial charge in [0.05, 0.1) is 0 Å². The highest BCUT2D eigenvalue weighted by molar-refractivity contribution is 5.95. The second kappa shape index (κ2) is 9.33. The number of nitrogens with one attached hydrogen (secondary N) is 1. The van der Waals surface area contributed by atoms with E-state index in [0.717, 1.165) is 13.0 Å². The maximum Gasteiger partial charge on any atom is 0.216 e. The van der Waals surface area contributed by atoms with Crippen LogP contribution in [0.4, 0.5) is 4.39 Å². The van der Waals surface area contributed by atoms with Crippen molar-refractivity contribution in [2.75, 3.05) is 6.54 Å². The van der Waals surface area contributed by atoms with E-state index in [1.165, 1.54) is 25.1 Å². The zero-order chi connectivity index (χ0) is 14.0. The molecule has 3 nitrogen and oxygen atoms in total. The average Bonchev–Trinajstić information content (AvgIpc) is 2.36. The number of amides is 1. The summed E-state index contributed by atoms with van der Waals surface area (Å²) in [6.45, 7) is 6.11. The summed E-state index contributed by atoms with van der Waals surface area (Å²) in [5.74, 6) is -0.323. The molecule has 0 spiro atoms. The molecule has 0 bridgehead atoms. The van der Waals surface area contributed by atoms with E-state index < -0.39 is 0 Å². The minimum Gasteiger partial charge on any atom is -0.356 e. The first kappa shape index (κ1) is 16.3. The maximum atomic E-state index is 12.5. The third-order valence-corrected chi connectivity index (χ3v) is 2.09. The first-order valence-electron chi connectivity index (χ1n) is 6.04. The quantitative estimate of drug-likeness (QED) is 0.838. The highest BCUT2D eigenvalue weighted by Crippen LogP contribution is 2.05. The van der Waals surface area contributed by atoms with Gasteiger partial charge in [0.2, 0.25) is 5.91 Å². The molecule has 0 atom stereocenters. The van der Waals surface area contributed by atoms with Crippen LogP contribution in [0, 0.1) is 5.82 Å². The first-order valence-corrected chi connectivity index (χ1v) is 6.04. The summed E-state index contributed by atoms with van der Waals surface area (Å²) in [4.78, 5) is 21.1. The Morgan fingerprint density at radius 2 is 1.94 bits per heavy atom. The van der Waals surface area contributed by atoms with Crippen molar-refractivity contribution in [3.05, 3.63) is 35.6 Å². The SMILES string of the molecule is CCC(=O)c1cccc(F)c1.CCCNC(C)=O. The Morgan fingerprint density at radius 3 is 2.33 bits per heavy atom. The summed E-state index contributed by atoms with van der Waals surface area (Å²) in [6.07, 6.45) is 1.43. The Balaban J connectivity index is 0.000000360. The standard InChI is InChI=1S/C9H9FO.C5H11NO/c1-2-9(11)7-4-3-5-8(10)6-7;1-3-4-6-5(2)7/h3-6H,2H2,1H3;3-4H2,1-2H3,(H,6,7). The van der Waals surface area contributed by atoms with E-state index in [0.29, 0.717) is 12.0 Å². The number of hydrogen-bond donors (Lipinski definition) is 1. The highest BCUT2D eigenvalue weighted by atomic mass is 19.1. The van der Waals surface area contributed by atoms with Crippen LogP contribution in [-0.4, -0.2) is 18.2 Å². The summed E-state index contributed by atoms with van der Waals surface area (Å²) < 4.78 is 12.5. The molecule has 0 aliphatic heterocycles. The topological polar surface area (TPSA) is 46.2 Å². The van der Waals surface area contributed by atoms with E-state index in [4.69, 9.17) is 0 Å². The molecule has 18 heavy (non-hydrogen) atoms. The lowest BCUT2D eigenvalue weighted by Crippen LogP contribution is -2.19. The lowest BCUT2D eigenvalue weighted by atomic mass is 10.1. The van der Waals surface area contributed by atoms with Gasteiger partial charge in [-0.05, 0) is 18.6 Å². The van der Waals surface area contributed by atoms with Gasteiger partial charge in [-0.3, -0.25) is 9.59 Å². The molecule has 1 N–H and O–H groups in total. The summed E-state index contributed by atoms with van der Waals surface area (Å²) in [5.41, 5.74) is 0.451. The Bertz CT molecular complexity index is 391. The Labute approximate surface area is 107 Å². The number of benzene rings is 1. The third kappa shape index (κ3) is 7.54. The number of rotatable bonds is 4. The van der Waals surface area contributed by atoms with Crippen LogP contribution in [0.25, 0.3) is 0 Å². The highest BCUT2D eigenvalue weighted by Gasteiger charge is 2.02. The van der Waals surface area contributed by atoms with Gasteiger partial charge in [0.1, 0.15) is 5.82 Å². The smallest absolute Gasteiger partial charge is 0.216 e. The molecule has 0 aliphatic carbocycles. The monoisotopic (exact) mass is 253 g/mol. The fourth-order valence-corrected chi connectivity index (χ4v) is 1.17. The fourth-order valence-electron chi connectivity index (χ4n) is 1.17. The van der Waals surface area contributed by atoms with Crippen LogP contribution >= 0.6 is 0 Å². The molecule has 1 rings (SSSR count). The molecule has 0 aliphatic rings. The molecule has 0 fully saturated rings. The number of hydrogen-bond acceptors (Lipinski definition) is 2. The van der Waals surface area contributed by atoms with Crippen LogP contribution in [0.3, 0.4) is 0 Å². The molecular weight excluding hydrogens is 233 g/mol. The predicted octanol–water partition coefficient (Wildman–Crippen LogP) is 2.95. The van der Waals surface area contributed by atoms with Crippen molar-refractivity contribution < 1.29 is 14.0 Å². The van der Waals surface area contributed by atoms with Crippen molar-refractivity contribution in [2.45, 2.75) is 33.6 Å². The molecule has 0 saturated heterocycles. The summed E-state index contributed by atoms with van der Waals surface area (Å²) in [7, 11) is 0. The molecule has 1 aromatic rings. The molecule has 1 aromatic carbocycles. The van der Waals surface area contributed by atoms with Crippen LogP contribution in [0.5, 0.6) is 0 Å². The van der Waals surface area contributed by atoms with Crippen LogP contribution in [0.15, 0.2) is 24.3 Å².